The molecule has 5 nitrogen and oxygen atoms in total. The van der Waals surface area contributed by atoms with E-state index in [0.29, 0.717) is 23.1 Å². The van der Waals surface area contributed by atoms with Crippen molar-refractivity contribution in [3.63, 3.8) is 0 Å². The van der Waals surface area contributed by atoms with E-state index in [0.717, 1.165) is 19.3 Å². The fourth-order valence-corrected chi connectivity index (χ4v) is 5.19. The van der Waals surface area contributed by atoms with Gasteiger partial charge in [-0.05, 0) is 55.4 Å². The number of nitrogens with zero attached hydrogens (tertiary/aromatic N) is 1. The van der Waals surface area contributed by atoms with Gasteiger partial charge in [0, 0.05) is 0 Å². The van der Waals surface area contributed by atoms with Crippen molar-refractivity contribution in [2.24, 2.45) is 23.7 Å². The summed E-state index contributed by atoms with van der Waals surface area (Å²) in [6.07, 6.45) is 2.55. The van der Waals surface area contributed by atoms with Gasteiger partial charge in [-0.2, -0.15) is 0 Å². The van der Waals surface area contributed by atoms with Crippen LogP contribution in [0.15, 0.2) is 24.3 Å². The topological polar surface area (TPSA) is 63.7 Å². The van der Waals surface area contributed by atoms with E-state index in [2.05, 4.69) is 0 Å². The predicted octanol–water partition coefficient (Wildman–Crippen LogP) is 3.23. The number of alkyl halides is 2. The molecular formula is C19H19Cl2NO4. The van der Waals surface area contributed by atoms with Crippen LogP contribution in [-0.4, -0.2) is 35.6 Å². The number of rotatable bonds is 5. The standard InChI is InChI=1S/C19H19Cl2NO4/c20-8-14(9-21)26-19(25)10-3-5-13(6-4-10)22-17(23)15-11-1-2-12(7-11)16(15)18(22)24/h3-6,11-12,14-16H,1-2,7-9H2/t11-,12+,15-,16-/m0/s1. The highest BCUT2D eigenvalue weighted by molar-refractivity contribution is 6.23. The number of carbonyl (C=O) groups excluding carboxylic acids is 3. The molecule has 0 spiro atoms. The zero-order valence-corrected chi connectivity index (χ0v) is 15.6. The number of hydrogen-bond donors (Lipinski definition) is 0. The number of ether oxygens (including phenoxy) is 1. The van der Waals surface area contributed by atoms with E-state index in [9.17, 15) is 14.4 Å². The Morgan fingerprint density at radius 1 is 1.04 bits per heavy atom. The Bertz CT molecular complexity index is 718. The van der Waals surface area contributed by atoms with Crippen LogP contribution in [0.4, 0.5) is 5.69 Å². The first-order valence-electron chi connectivity index (χ1n) is 8.86. The van der Waals surface area contributed by atoms with Crippen LogP contribution in [0.3, 0.4) is 0 Å². The summed E-state index contributed by atoms with van der Waals surface area (Å²) in [6.45, 7) is 0. The van der Waals surface area contributed by atoms with Crippen LogP contribution in [0, 0.1) is 23.7 Å². The lowest BCUT2D eigenvalue weighted by Crippen LogP contribution is -2.32. The van der Waals surface area contributed by atoms with Gasteiger partial charge in [-0.15, -0.1) is 23.2 Å². The van der Waals surface area contributed by atoms with Gasteiger partial charge in [0.1, 0.15) is 6.10 Å². The third-order valence-electron chi connectivity index (χ3n) is 5.91. The van der Waals surface area contributed by atoms with Gasteiger partial charge in [-0.25, -0.2) is 4.79 Å². The summed E-state index contributed by atoms with van der Waals surface area (Å²) in [5, 5.41) is 0. The smallest absolute Gasteiger partial charge is 0.338 e. The average molecular weight is 396 g/mol. The number of esters is 1. The maximum atomic E-state index is 12.8. The number of fused-ring (bicyclic) bond motifs is 5. The minimum atomic E-state index is -0.554. The summed E-state index contributed by atoms with van der Waals surface area (Å²) in [6, 6.07) is 6.35. The molecule has 1 saturated heterocycles. The minimum Gasteiger partial charge on any atom is -0.456 e. The Labute approximate surface area is 161 Å². The van der Waals surface area contributed by atoms with Crippen LogP contribution >= 0.6 is 23.2 Å². The fraction of sp³-hybridized carbons (Fsp3) is 0.526. The quantitative estimate of drug-likeness (QED) is 0.436. The zero-order chi connectivity index (χ0) is 18.4. The van der Waals surface area contributed by atoms with Crippen molar-refractivity contribution in [2.45, 2.75) is 25.4 Å². The monoisotopic (exact) mass is 395 g/mol. The maximum absolute atomic E-state index is 12.8. The Morgan fingerprint density at radius 3 is 2.08 bits per heavy atom. The molecule has 138 valence electrons. The fourth-order valence-electron chi connectivity index (χ4n) is 4.73. The third-order valence-corrected chi connectivity index (χ3v) is 6.59. The van der Waals surface area contributed by atoms with E-state index in [-0.39, 0.29) is 35.4 Å². The largest absolute Gasteiger partial charge is 0.456 e. The lowest BCUT2D eigenvalue weighted by atomic mass is 9.81. The van der Waals surface area contributed by atoms with Gasteiger partial charge in [-0.3, -0.25) is 14.5 Å². The molecule has 2 amide bonds. The van der Waals surface area contributed by atoms with E-state index in [1.54, 1.807) is 24.3 Å². The van der Waals surface area contributed by atoms with Crippen molar-refractivity contribution in [3.8, 4) is 0 Å². The first-order chi connectivity index (χ1) is 12.5. The summed E-state index contributed by atoms with van der Waals surface area (Å²) in [4.78, 5) is 39.0. The molecule has 0 radical (unpaired) electrons. The van der Waals surface area contributed by atoms with Crippen LogP contribution in [0.1, 0.15) is 29.6 Å². The van der Waals surface area contributed by atoms with Gasteiger partial charge in [0.15, 0.2) is 0 Å². The third kappa shape index (κ3) is 2.72. The highest BCUT2D eigenvalue weighted by atomic mass is 35.5. The SMILES string of the molecule is O=C(OC(CCl)CCl)c1ccc(N2C(=O)[C@H]3[C@@H]4CC[C@@H](C4)[C@@H]3C2=O)cc1. The van der Waals surface area contributed by atoms with Crippen molar-refractivity contribution in [2.75, 3.05) is 16.7 Å². The number of imide groups is 1. The zero-order valence-electron chi connectivity index (χ0n) is 14.1. The Hall–Kier alpha value is -1.59. The van der Waals surface area contributed by atoms with Gasteiger partial charge >= 0.3 is 5.97 Å². The second kappa shape index (κ2) is 6.86. The number of carbonyl (C=O) groups is 3. The molecule has 1 aromatic rings. The highest BCUT2D eigenvalue weighted by Gasteiger charge is 2.61. The molecule has 1 heterocycles. The molecule has 2 saturated carbocycles. The average Bonchev–Trinajstić information content (AvgIpc) is 3.33. The normalized spacial score (nSPS) is 29.6. The van der Waals surface area contributed by atoms with Crippen molar-refractivity contribution >= 4 is 46.7 Å². The van der Waals surface area contributed by atoms with Gasteiger partial charge in [0.2, 0.25) is 11.8 Å². The molecule has 1 aliphatic heterocycles. The van der Waals surface area contributed by atoms with Gasteiger partial charge in [0.05, 0.1) is 34.8 Å². The van der Waals surface area contributed by atoms with Crippen LogP contribution < -0.4 is 4.90 Å². The van der Waals surface area contributed by atoms with Crippen molar-refractivity contribution in [1.82, 2.24) is 0 Å². The Balaban J connectivity index is 1.52. The van der Waals surface area contributed by atoms with Crippen LogP contribution in [0.5, 0.6) is 0 Å². The summed E-state index contributed by atoms with van der Waals surface area (Å²) in [7, 11) is 0. The molecule has 4 atom stereocenters. The van der Waals surface area contributed by atoms with Crippen molar-refractivity contribution < 1.29 is 19.1 Å². The van der Waals surface area contributed by atoms with E-state index < -0.39 is 12.1 Å². The molecule has 7 heteroatoms. The van der Waals surface area contributed by atoms with Crippen LogP contribution in [0.2, 0.25) is 0 Å². The number of benzene rings is 1. The molecule has 0 unspecified atom stereocenters. The summed E-state index contributed by atoms with van der Waals surface area (Å²) in [5.41, 5.74) is 0.838. The second-order valence-corrected chi connectivity index (χ2v) is 7.90. The lowest BCUT2D eigenvalue weighted by Gasteiger charge is -2.19. The van der Waals surface area contributed by atoms with Crippen molar-refractivity contribution in [3.05, 3.63) is 29.8 Å². The van der Waals surface area contributed by atoms with E-state index in [4.69, 9.17) is 27.9 Å². The molecule has 0 N–H and O–H groups in total. The molecule has 0 aromatic heterocycles. The van der Waals surface area contributed by atoms with E-state index >= 15 is 0 Å². The second-order valence-electron chi connectivity index (χ2n) is 7.28. The molecule has 4 rings (SSSR count). The van der Waals surface area contributed by atoms with E-state index in [1.807, 2.05) is 0 Å². The highest BCUT2D eigenvalue weighted by Crippen LogP contribution is 2.56. The molecule has 2 aliphatic carbocycles. The maximum Gasteiger partial charge on any atom is 0.338 e. The predicted molar refractivity (Wildman–Crippen MR) is 97.4 cm³/mol. The first-order valence-corrected chi connectivity index (χ1v) is 9.92. The minimum absolute atomic E-state index is 0.0909. The molecule has 3 aliphatic rings. The Kier molecular flexibility index (Phi) is 4.70. The summed E-state index contributed by atoms with van der Waals surface area (Å²) < 4.78 is 5.19. The molecular weight excluding hydrogens is 377 g/mol. The molecule has 1 aromatic carbocycles. The van der Waals surface area contributed by atoms with Gasteiger partial charge in [-0.1, -0.05) is 0 Å². The van der Waals surface area contributed by atoms with Gasteiger partial charge in [0.25, 0.3) is 0 Å². The number of amides is 2. The molecule has 3 fully saturated rings. The summed E-state index contributed by atoms with van der Waals surface area (Å²) >= 11 is 11.3. The molecule has 26 heavy (non-hydrogen) atoms. The van der Waals surface area contributed by atoms with Gasteiger partial charge < -0.3 is 4.74 Å². The van der Waals surface area contributed by atoms with E-state index in [1.165, 1.54) is 4.90 Å². The Morgan fingerprint density at radius 2 is 1.58 bits per heavy atom. The number of halogens is 2. The summed E-state index contributed by atoms with van der Waals surface area (Å²) in [5.74, 6) is -0.0778. The molecule has 2 bridgehead atoms. The van der Waals surface area contributed by atoms with Crippen LogP contribution in [-0.2, 0) is 14.3 Å². The van der Waals surface area contributed by atoms with Crippen LogP contribution in [0.25, 0.3) is 0 Å². The lowest BCUT2D eigenvalue weighted by molar-refractivity contribution is -0.123. The first kappa shape index (κ1) is 17.8. The number of anilines is 1. The number of hydrogen-bond acceptors (Lipinski definition) is 4. The van der Waals surface area contributed by atoms with Crippen molar-refractivity contribution in [1.29, 1.82) is 0 Å².